The van der Waals surface area contributed by atoms with Crippen molar-refractivity contribution in [1.82, 2.24) is 0 Å². The average Bonchev–Trinajstić information content (AvgIpc) is 3.00. The van der Waals surface area contributed by atoms with Crippen LogP contribution in [0.25, 0.3) is 0 Å². The van der Waals surface area contributed by atoms with E-state index < -0.39 is 11.9 Å². The first-order valence-electron chi connectivity index (χ1n) is 17.4. The van der Waals surface area contributed by atoms with Gasteiger partial charge in [-0.05, 0) is 54.5 Å². The molecule has 0 amide bonds. The van der Waals surface area contributed by atoms with E-state index in [-0.39, 0.29) is 60.4 Å². The number of phenolic OH excluding ortho intramolecular Hbond substituents is 1. The van der Waals surface area contributed by atoms with E-state index in [1.54, 1.807) is 18.2 Å². The predicted octanol–water partition coefficient (Wildman–Crippen LogP) is 8.76. The quantitative estimate of drug-likeness (QED) is 0.0866. The summed E-state index contributed by atoms with van der Waals surface area (Å²) >= 11 is 0. The van der Waals surface area contributed by atoms with Crippen LogP contribution in [-0.2, 0) is 12.8 Å². The van der Waals surface area contributed by atoms with Gasteiger partial charge in [-0.15, -0.1) is 5.75 Å². The number of carbonyl (C=O) groups excluding carboxylic acids is 1. The van der Waals surface area contributed by atoms with Crippen molar-refractivity contribution in [2.75, 3.05) is 0 Å². The molecule has 0 aliphatic heterocycles. The van der Waals surface area contributed by atoms with Crippen molar-refractivity contribution in [2.45, 2.75) is 155 Å². The molecular formula is C38H58CaO6. The van der Waals surface area contributed by atoms with Crippen LogP contribution in [0.1, 0.15) is 174 Å². The first-order valence-corrected chi connectivity index (χ1v) is 17.4. The predicted molar refractivity (Wildman–Crippen MR) is 182 cm³/mol. The molecule has 2 rings (SSSR count). The second kappa shape index (κ2) is 28.5. The topological polar surface area (TPSA) is 121 Å². The number of carbonyl (C=O) groups is 2. The van der Waals surface area contributed by atoms with Gasteiger partial charge in [-0.2, -0.15) is 0 Å². The van der Waals surface area contributed by atoms with Crippen molar-refractivity contribution in [3.63, 3.8) is 0 Å². The number of benzene rings is 2. The minimum atomic E-state index is -1.25. The summed E-state index contributed by atoms with van der Waals surface area (Å²) in [4.78, 5) is 22.2. The molecule has 45 heavy (non-hydrogen) atoms. The largest absolute Gasteiger partial charge is 2.00 e. The Morgan fingerprint density at radius 1 is 0.578 bits per heavy atom. The van der Waals surface area contributed by atoms with Crippen molar-refractivity contribution in [1.29, 1.82) is 0 Å². The number of hydrogen-bond donors (Lipinski definition) is 2. The Labute approximate surface area is 303 Å². The summed E-state index contributed by atoms with van der Waals surface area (Å²) in [7, 11) is 0. The van der Waals surface area contributed by atoms with E-state index in [4.69, 9.17) is 5.11 Å². The summed E-state index contributed by atoms with van der Waals surface area (Å²) in [6, 6.07) is 8.86. The molecule has 6 nitrogen and oxygen atoms in total. The standard InChI is InChI=1S/2C19H30O3.Ca/c2*1-2-3-4-5-6-7-8-9-10-11-12-16-13-14-17(20)15-18(16)19(21)22;/h2*13-15,20H,2-12H2,1H3,(H,21,22);/q;;+2/p-2. The molecule has 0 radical (unpaired) electrons. The molecule has 0 saturated carbocycles. The fourth-order valence-electron chi connectivity index (χ4n) is 5.55. The molecule has 0 aliphatic rings. The monoisotopic (exact) mass is 650 g/mol. The molecule has 7 heteroatoms. The normalized spacial score (nSPS) is 10.5. The second-order valence-electron chi connectivity index (χ2n) is 12.1. The minimum absolute atomic E-state index is 0. The number of phenols is 1. The average molecular weight is 651 g/mol. The molecule has 0 aliphatic carbocycles. The van der Waals surface area contributed by atoms with Gasteiger partial charge in [0.25, 0.3) is 0 Å². The molecule has 0 atom stereocenters. The Bertz CT molecular complexity index is 971. The maximum atomic E-state index is 11.2. The second-order valence-corrected chi connectivity index (χ2v) is 12.1. The molecule has 0 aromatic heterocycles. The number of aryl methyl sites for hydroxylation is 2. The number of aromatic carboxylic acids is 2. The maximum Gasteiger partial charge on any atom is 2.00 e. The number of carboxylic acid groups (broad SMARTS) is 2. The summed E-state index contributed by atoms with van der Waals surface area (Å²) in [5, 5.41) is 40.7. The van der Waals surface area contributed by atoms with E-state index >= 15 is 0 Å². The summed E-state index contributed by atoms with van der Waals surface area (Å²) in [6.07, 6.45) is 26.8. The molecular weight excluding hydrogens is 592 g/mol. The first kappa shape index (κ1) is 43.2. The van der Waals surface area contributed by atoms with Crippen LogP contribution >= 0.6 is 0 Å². The van der Waals surface area contributed by atoms with Gasteiger partial charge in [-0.25, -0.2) is 4.79 Å². The summed E-state index contributed by atoms with van der Waals surface area (Å²) in [6.45, 7) is 4.47. The number of aromatic hydroxyl groups is 1. The Hall–Kier alpha value is -1.76. The fraction of sp³-hybridized carbons (Fsp3) is 0.632. The van der Waals surface area contributed by atoms with Crippen molar-refractivity contribution in [3.8, 4) is 11.5 Å². The Morgan fingerprint density at radius 2 is 0.956 bits per heavy atom. The summed E-state index contributed by atoms with van der Waals surface area (Å²) in [5.74, 6) is -2.46. The van der Waals surface area contributed by atoms with E-state index in [0.29, 0.717) is 6.42 Å². The zero-order valence-corrected chi connectivity index (χ0v) is 30.5. The zero-order valence-electron chi connectivity index (χ0n) is 28.3. The minimum Gasteiger partial charge on any atom is -0.872 e. The van der Waals surface area contributed by atoms with Crippen LogP contribution in [-0.4, -0.2) is 59.9 Å². The van der Waals surface area contributed by atoms with E-state index in [9.17, 15) is 24.9 Å². The number of carboxylic acids is 2. The van der Waals surface area contributed by atoms with Crippen molar-refractivity contribution < 1.29 is 30.0 Å². The Kier molecular flexibility index (Phi) is 27.3. The van der Waals surface area contributed by atoms with E-state index in [0.717, 1.165) is 43.2 Å². The molecule has 0 bridgehead atoms. The third kappa shape index (κ3) is 21.6. The molecule has 0 spiro atoms. The molecule has 248 valence electrons. The van der Waals surface area contributed by atoms with Gasteiger partial charge in [0.2, 0.25) is 0 Å². The van der Waals surface area contributed by atoms with Gasteiger partial charge in [0.15, 0.2) is 0 Å². The number of hydrogen-bond acceptors (Lipinski definition) is 5. The molecule has 2 aromatic carbocycles. The van der Waals surface area contributed by atoms with Crippen LogP contribution in [0.5, 0.6) is 11.5 Å². The molecule has 0 unspecified atom stereocenters. The van der Waals surface area contributed by atoms with Crippen LogP contribution in [0.15, 0.2) is 36.4 Å². The van der Waals surface area contributed by atoms with Crippen molar-refractivity contribution in [3.05, 3.63) is 58.7 Å². The van der Waals surface area contributed by atoms with Crippen molar-refractivity contribution in [2.24, 2.45) is 0 Å². The molecule has 0 heterocycles. The van der Waals surface area contributed by atoms with Gasteiger partial charge < -0.3 is 25.2 Å². The summed E-state index contributed by atoms with van der Waals surface area (Å²) in [5.41, 5.74) is 1.84. The van der Waals surface area contributed by atoms with Gasteiger partial charge in [-0.1, -0.05) is 154 Å². The third-order valence-electron chi connectivity index (χ3n) is 8.22. The fourth-order valence-corrected chi connectivity index (χ4v) is 5.55. The summed E-state index contributed by atoms with van der Waals surface area (Å²) < 4.78 is 0. The first-order chi connectivity index (χ1) is 21.3. The van der Waals surface area contributed by atoms with Gasteiger partial charge >= 0.3 is 43.7 Å². The van der Waals surface area contributed by atoms with Crippen LogP contribution < -0.4 is 10.2 Å². The maximum absolute atomic E-state index is 11.2. The van der Waals surface area contributed by atoms with Crippen LogP contribution in [0.2, 0.25) is 0 Å². The number of unbranched alkanes of at least 4 members (excludes halogenated alkanes) is 18. The zero-order chi connectivity index (χ0) is 32.4. The van der Waals surface area contributed by atoms with Crippen LogP contribution in [0, 0.1) is 0 Å². The molecule has 0 saturated heterocycles. The van der Waals surface area contributed by atoms with Crippen LogP contribution in [0.4, 0.5) is 0 Å². The van der Waals surface area contributed by atoms with E-state index in [2.05, 4.69) is 13.8 Å². The van der Waals surface area contributed by atoms with Gasteiger partial charge in [0.05, 0.1) is 11.5 Å². The van der Waals surface area contributed by atoms with E-state index in [1.807, 2.05) is 0 Å². The molecule has 2 aromatic rings. The van der Waals surface area contributed by atoms with Gasteiger partial charge in [0.1, 0.15) is 5.75 Å². The van der Waals surface area contributed by atoms with E-state index in [1.165, 1.54) is 121 Å². The third-order valence-corrected chi connectivity index (χ3v) is 8.22. The van der Waals surface area contributed by atoms with Gasteiger partial charge in [-0.3, -0.25) is 0 Å². The molecule has 2 N–H and O–H groups in total. The number of rotatable bonds is 24. The Balaban J connectivity index is 0.000000842. The SMILES string of the molecule is CCCCCCCCCCCCc1ccc(O)cc1C(=O)O.CCCCCCCCCCCCc1ccc([O-])cc1C(=O)[O-].[Ca+2]. The smallest absolute Gasteiger partial charge is 0.872 e. The van der Waals surface area contributed by atoms with Gasteiger partial charge in [0, 0.05) is 0 Å². The van der Waals surface area contributed by atoms with Crippen molar-refractivity contribution >= 4 is 49.7 Å². The Morgan fingerprint density at radius 3 is 1.36 bits per heavy atom. The molecule has 0 fully saturated rings. The van der Waals surface area contributed by atoms with Crippen LogP contribution in [0.3, 0.4) is 0 Å².